The summed E-state index contributed by atoms with van der Waals surface area (Å²) < 4.78 is 4.95. The fraction of sp³-hybridized carbons (Fsp3) is 0.680. The molecule has 0 unspecified atom stereocenters. The average Bonchev–Trinajstić information content (AvgIpc) is 2.72. The second-order valence-corrected chi connectivity index (χ2v) is 7.96. The van der Waals surface area contributed by atoms with E-state index < -0.39 is 11.9 Å². The number of aryl methyl sites for hydroxylation is 1. The number of aromatic carboxylic acids is 1. The van der Waals surface area contributed by atoms with Gasteiger partial charge in [0, 0.05) is 0 Å². The van der Waals surface area contributed by atoms with E-state index in [-0.39, 0.29) is 11.1 Å². The first-order valence-corrected chi connectivity index (χ1v) is 11.5. The number of methoxy groups -OCH3 is 1. The van der Waals surface area contributed by atoms with Gasteiger partial charge in [-0.25, -0.2) is 9.59 Å². The number of carboxylic acid groups (broad SMARTS) is 1. The predicted octanol–water partition coefficient (Wildman–Crippen LogP) is 6.98. The minimum absolute atomic E-state index is 0.0597. The van der Waals surface area contributed by atoms with Crippen molar-refractivity contribution in [2.24, 2.45) is 0 Å². The lowest BCUT2D eigenvalue weighted by Crippen LogP contribution is -2.15. The Kier molecular flexibility index (Phi) is 13.1. The average molecular weight is 405 g/mol. The molecule has 0 bridgehead atoms. The molecule has 0 spiro atoms. The predicted molar refractivity (Wildman–Crippen MR) is 119 cm³/mol. The molecule has 0 aliphatic carbocycles. The number of carbonyl (C=O) groups is 2. The Morgan fingerprint density at radius 2 is 1.31 bits per heavy atom. The van der Waals surface area contributed by atoms with Gasteiger partial charge < -0.3 is 9.84 Å². The van der Waals surface area contributed by atoms with E-state index in [2.05, 4.69) is 13.8 Å². The molecule has 4 nitrogen and oxygen atoms in total. The van der Waals surface area contributed by atoms with Gasteiger partial charge in [-0.05, 0) is 42.9 Å². The van der Waals surface area contributed by atoms with E-state index in [9.17, 15) is 14.7 Å². The van der Waals surface area contributed by atoms with Gasteiger partial charge in [-0.2, -0.15) is 0 Å². The fourth-order valence-corrected chi connectivity index (χ4v) is 3.90. The molecule has 0 aliphatic rings. The number of benzene rings is 1. The molecule has 0 amide bonds. The van der Waals surface area contributed by atoms with Crippen molar-refractivity contribution < 1.29 is 19.4 Å². The van der Waals surface area contributed by atoms with Crippen LogP contribution in [-0.4, -0.2) is 24.2 Å². The van der Waals surface area contributed by atoms with Crippen LogP contribution in [0.5, 0.6) is 0 Å². The molecule has 0 radical (unpaired) electrons. The summed E-state index contributed by atoms with van der Waals surface area (Å²) in [7, 11) is 1.32. The van der Waals surface area contributed by atoms with Gasteiger partial charge in [-0.3, -0.25) is 0 Å². The van der Waals surface area contributed by atoms with Crippen molar-refractivity contribution >= 4 is 11.9 Å². The van der Waals surface area contributed by atoms with E-state index in [0.717, 1.165) is 43.2 Å². The van der Waals surface area contributed by atoms with Crippen molar-refractivity contribution in [3.63, 3.8) is 0 Å². The Morgan fingerprint density at radius 1 is 0.793 bits per heavy atom. The Hall–Kier alpha value is -1.84. The number of esters is 1. The standard InChI is InChI=1S/C25H40O4/c1-4-6-8-10-12-14-16-20-18-19-22(24(26)27)23(25(28)29-3)21(20)17-15-13-11-9-7-5-2/h18-19H,4-17H2,1-3H3,(H,26,27). The van der Waals surface area contributed by atoms with Crippen LogP contribution in [0.25, 0.3) is 0 Å². The summed E-state index contributed by atoms with van der Waals surface area (Å²) in [5.74, 6) is -1.60. The zero-order valence-electron chi connectivity index (χ0n) is 18.7. The highest BCUT2D eigenvalue weighted by atomic mass is 16.5. The third kappa shape index (κ3) is 9.01. The SMILES string of the molecule is CCCCCCCCc1ccc(C(=O)O)c(C(=O)OC)c1CCCCCCCC. The molecule has 0 heterocycles. The molecule has 0 saturated carbocycles. The lowest BCUT2D eigenvalue weighted by atomic mass is 9.89. The number of carboxylic acids is 1. The Labute approximate surface area is 177 Å². The minimum Gasteiger partial charge on any atom is -0.478 e. The molecule has 0 fully saturated rings. The summed E-state index contributed by atoms with van der Waals surface area (Å²) in [6.45, 7) is 4.42. The van der Waals surface area contributed by atoms with Gasteiger partial charge in [0.05, 0.1) is 18.2 Å². The number of hydrogen-bond acceptors (Lipinski definition) is 3. The lowest BCUT2D eigenvalue weighted by Gasteiger charge is -2.16. The Bertz CT molecular complexity index is 621. The van der Waals surface area contributed by atoms with Gasteiger partial charge in [-0.15, -0.1) is 0 Å². The molecule has 164 valence electrons. The number of carbonyl (C=O) groups excluding carboxylic acids is 1. The molecule has 1 aromatic carbocycles. The summed E-state index contributed by atoms with van der Waals surface area (Å²) in [6.07, 6.45) is 15.9. The van der Waals surface area contributed by atoms with Crippen LogP contribution < -0.4 is 0 Å². The first kappa shape index (κ1) is 25.2. The van der Waals surface area contributed by atoms with Crippen LogP contribution in [-0.2, 0) is 17.6 Å². The smallest absolute Gasteiger partial charge is 0.339 e. The van der Waals surface area contributed by atoms with Gasteiger partial charge >= 0.3 is 11.9 Å². The first-order chi connectivity index (χ1) is 14.1. The van der Waals surface area contributed by atoms with Crippen LogP contribution in [0.3, 0.4) is 0 Å². The lowest BCUT2D eigenvalue weighted by molar-refractivity contribution is 0.0581. The van der Waals surface area contributed by atoms with Gasteiger partial charge in [0.15, 0.2) is 0 Å². The molecule has 4 heteroatoms. The zero-order chi connectivity index (χ0) is 21.5. The summed E-state index contributed by atoms with van der Waals surface area (Å²) in [4.78, 5) is 24.2. The summed E-state index contributed by atoms with van der Waals surface area (Å²) in [6, 6.07) is 3.49. The second kappa shape index (κ2) is 15.1. The van der Waals surface area contributed by atoms with Crippen molar-refractivity contribution in [3.05, 3.63) is 34.4 Å². The Balaban J connectivity index is 2.93. The van der Waals surface area contributed by atoms with Crippen molar-refractivity contribution in [2.75, 3.05) is 7.11 Å². The summed E-state index contributed by atoms with van der Waals surface area (Å²) in [5, 5.41) is 9.58. The number of rotatable bonds is 16. The van der Waals surface area contributed by atoms with Gasteiger partial charge in [0.25, 0.3) is 0 Å². The van der Waals surface area contributed by atoms with E-state index in [4.69, 9.17) is 4.74 Å². The number of hydrogen-bond donors (Lipinski definition) is 1. The minimum atomic E-state index is -1.07. The van der Waals surface area contributed by atoms with Crippen LogP contribution in [0, 0.1) is 0 Å². The van der Waals surface area contributed by atoms with Crippen molar-refractivity contribution in [2.45, 2.75) is 104 Å². The van der Waals surface area contributed by atoms with Gasteiger partial charge in [0.2, 0.25) is 0 Å². The van der Waals surface area contributed by atoms with Crippen LogP contribution in [0.15, 0.2) is 12.1 Å². The molecular weight excluding hydrogens is 364 g/mol. The third-order valence-electron chi connectivity index (χ3n) is 5.61. The molecular formula is C25H40O4. The van der Waals surface area contributed by atoms with E-state index in [1.165, 1.54) is 64.9 Å². The largest absolute Gasteiger partial charge is 0.478 e. The molecule has 0 atom stereocenters. The highest BCUT2D eigenvalue weighted by Crippen LogP contribution is 2.25. The fourth-order valence-electron chi connectivity index (χ4n) is 3.90. The van der Waals surface area contributed by atoms with Crippen molar-refractivity contribution in [3.8, 4) is 0 Å². The topological polar surface area (TPSA) is 63.6 Å². The van der Waals surface area contributed by atoms with Crippen LogP contribution in [0.4, 0.5) is 0 Å². The monoisotopic (exact) mass is 404 g/mol. The molecule has 1 aromatic rings. The Morgan fingerprint density at radius 3 is 1.83 bits per heavy atom. The quantitative estimate of drug-likeness (QED) is 0.238. The number of ether oxygens (including phenoxy) is 1. The summed E-state index contributed by atoms with van der Waals surface area (Å²) >= 11 is 0. The van der Waals surface area contributed by atoms with E-state index in [1.807, 2.05) is 6.07 Å². The highest BCUT2D eigenvalue weighted by molar-refractivity contribution is 6.03. The van der Waals surface area contributed by atoms with Crippen LogP contribution in [0.1, 0.15) is 123 Å². The maximum atomic E-state index is 12.4. The van der Waals surface area contributed by atoms with Crippen LogP contribution >= 0.6 is 0 Å². The van der Waals surface area contributed by atoms with E-state index in [1.54, 1.807) is 6.07 Å². The molecule has 1 rings (SSSR count). The van der Waals surface area contributed by atoms with Crippen molar-refractivity contribution in [1.29, 1.82) is 0 Å². The molecule has 0 aromatic heterocycles. The third-order valence-corrected chi connectivity index (χ3v) is 5.61. The molecule has 0 saturated heterocycles. The first-order valence-electron chi connectivity index (χ1n) is 11.5. The maximum absolute atomic E-state index is 12.4. The van der Waals surface area contributed by atoms with E-state index >= 15 is 0 Å². The highest BCUT2D eigenvalue weighted by Gasteiger charge is 2.23. The van der Waals surface area contributed by atoms with Gasteiger partial charge in [0.1, 0.15) is 0 Å². The second-order valence-electron chi connectivity index (χ2n) is 7.96. The summed E-state index contributed by atoms with van der Waals surface area (Å²) in [5.41, 5.74) is 2.32. The molecule has 1 N–H and O–H groups in total. The number of unbranched alkanes of at least 4 members (excludes halogenated alkanes) is 10. The molecule has 0 aliphatic heterocycles. The zero-order valence-corrected chi connectivity index (χ0v) is 18.7. The van der Waals surface area contributed by atoms with E-state index in [0.29, 0.717) is 0 Å². The van der Waals surface area contributed by atoms with Gasteiger partial charge in [-0.1, -0.05) is 84.1 Å². The molecule has 29 heavy (non-hydrogen) atoms. The van der Waals surface area contributed by atoms with Crippen LogP contribution in [0.2, 0.25) is 0 Å². The maximum Gasteiger partial charge on any atom is 0.339 e. The normalized spacial score (nSPS) is 10.9. The van der Waals surface area contributed by atoms with Crippen molar-refractivity contribution in [1.82, 2.24) is 0 Å².